The van der Waals surface area contributed by atoms with Crippen LogP contribution >= 0.6 is 0 Å². The Hall–Kier alpha value is -1.15. The number of sulfonamides is 1. The maximum absolute atomic E-state index is 13.3. The fraction of sp³-hybridized carbons (Fsp3) is 0.895. The average molecular weight is 400 g/mol. The minimum absolute atomic E-state index is 0.00357. The third-order valence-electron chi connectivity index (χ3n) is 6.92. The van der Waals surface area contributed by atoms with E-state index in [0.717, 1.165) is 13.0 Å². The molecule has 27 heavy (non-hydrogen) atoms. The number of rotatable bonds is 4. The lowest BCUT2D eigenvalue weighted by Gasteiger charge is -2.46. The molecule has 3 fully saturated rings. The maximum atomic E-state index is 13.3. The van der Waals surface area contributed by atoms with Crippen LogP contribution in [0.2, 0.25) is 0 Å². The lowest BCUT2D eigenvalue weighted by molar-refractivity contribution is -0.141. The van der Waals surface area contributed by atoms with Gasteiger partial charge in [0.15, 0.2) is 0 Å². The van der Waals surface area contributed by atoms with Gasteiger partial charge in [0.05, 0.1) is 11.2 Å². The van der Waals surface area contributed by atoms with Gasteiger partial charge in [0.2, 0.25) is 21.8 Å². The molecule has 0 saturated carbocycles. The predicted octanol–water partition coefficient (Wildman–Crippen LogP) is 1.16. The lowest BCUT2D eigenvalue weighted by Crippen LogP contribution is -2.54. The van der Waals surface area contributed by atoms with E-state index in [0.29, 0.717) is 45.6 Å². The average Bonchev–Trinajstić information content (AvgIpc) is 3.07. The largest absolute Gasteiger partial charge is 0.342 e. The Morgan fingerprint density at radius 1 is 1.11 bits per heavy atom. The van der Waals surface area contributed by atoms with Gasteiger partial charge in [0.1, 0.15) is 0 Å². The van der Waals surface area contributed by atoms with Crippen LogP contribution < -0.4 is 0 Å². The van der Waals surface area contributed by atoms with Crippen LogP contribution in [0.4, 0.5) is 0 Å². The molecule has 1 unspecified atom stereocenters. The highest BCUT2D eigenvalue weighted by Crippen LogP contribution is 2.58. The van der Waals surface area contributed by atoms with Crippen LogP contribution in [0.15, 0.2) is 0 Å². The number of carbonyl (C=O) groups is 2. The van der Waals surface area contributed by atoms with Gasteiger partial charge in [-0.15, -0.1) is 0 Å². The molecule has 1 atom stereocenters. The topological polar surface area (TPSA) is 78.0 Å². The van der Waals surface area contributed by atoms with E-state index in [1.807, 2.05) is 30.6 Å². The number of hydrogen-bond donors (Lipinski definition) is 0. The number of nitrogens with zero attached hydrogens (tertiary/aromatic N) is 3. The van der Waals surface area contributed by atoms with Gasteiger partial charge in [0.25, 0.3) is 0 Å². The van der Waals surface area contributed by atoms with Crippen molar-refractivity contribution in [3.63, 3.8) is 0 Å². The molecule has 3 aliphatic heterocycles. The Morgan fingerprint density at radius 3 is 2.22 bits per heavy atom. The van der Waals surface area contributed by atoms with Crippen molar-refractivity contribution < 1.29 is 18.0 Å². The second-order valence-electron chi connectivity index (χ2n) is 8.94. The molecule has 7 nitrogen and oxygen atoms in total. The smallest absolute Gasteiger partial charge is 0.231 e. The Kier molecular flexibility index (Phi) is 5.36. The zero-order chi connectivity index (χ0) is 20.0. The molecule has 0 N–H and O–H groups in total. The quantitative estimate of drug-likeness (QED) is 0.711. The number of fused-ring (bicyclic) bond motifs is 1. The monoisotopic (exact) mass is 399 g/mol. The van der Waals surface area contributed by atoms with E-state index in [1.54, 1.807) is 11.2 Å². The highest BCUT2D eigenvalue weighted by Gasteiger charge is 2.65. The van der Waals surface area contributed by atoms with Gasteiger partial charge < -0.3 is 9.80 Å². The van der Waals surface area contributed by atoms with E-state index in [4.69, 9.17) is 0 Å². The first-order valence-electron chi connectivity index (χ1n) is 10.1. The van der Waals surface area contributed by atoms with E-state index in [-0.39, 0.29) is 28.9 Å². The van der Waals surface area contributed by atoms with Crippen LogP contribution in [-0.4, -0.2) is 79.4 Å². The first-order chi connectivity index (χ1) is 12.6. The molecule has 3 saturated heterocycles. The first kappa shape index (κ1) is 20.6. The number of piperidine rings is 1. The molecule has 0 radical (unpaired) electrons. The summed E-state index contributed by atoms with van der Waals surface area (Å²) in [4.78, 5) is 29.1. The van der Waals surface area contributed by atoms with Crippen LogP contribution in [0.5, 0.6) is 0 Å². The predicted molar refractivity (Wildman–Crippen MR) is 103 cm³/mol. The van der Waals surface area contributed by atoms with Gasteiger partial charge in [-0.1, -0.05) is 13.8 Å². The first-order valence-corrected chi connectivity index (χ1v) is 11.7. The molecule has 2 spiro atoms. The number of likely N-dealkylation sites (tertiary alicyclic amines) is 2. The van der Waals surface area contributed by atoms with Crippen molar-refractivity contribution in [3.8, 4) is 0 Å². The summed E-state index contributed by atoms with van der Waals surface area (Å²) in [5, 5.41) is 0. The molecule has 8 heteroatoms. The Labute approximate surface area is 163 Å². The summed E-state index contributed by atoms with van der Waals surface area (Å²) < 4.78 is 26.9. The number of carbonyl (C=O) groups excluding carboxylic acids is 2. The SMILES string of the molecule is CCN1CCC2(CN(C(C)=O)CC23CCN(S(=O)(=O)CC(C)C)CC3)C1=O. The van der Waals surface area contributed by atoms with Crippen LogP contribution in [0, 0.1) is 16.7 Å². The van der Waals surface area contributed by atoms with Crippen molar-refractivity contribution in [1.29, 1.82) is 0 Å². The van der Waals surface area contributed by atoms with E-state index in [2.05, 4.69) is 0 Å². The zero-order valence-electron chi connectivity index (χ0n) is 17.0. The minimum Gasteiger partial charge on any atom is -0.342 e. The Balaban J connectivity index is 1.86. The molecular weight excluding hydrogens is 366 g/mol. The molecule has 3 heterocycles. The van der Waals surface area contributed by atoms with Crippen molar-refractivity contribution in [2.75, 3.05) is 45.0 Å². The summed E-state index contributed by atoms with van der Waals surface area (Å²) in [5.74, 6) is 0.412. The van der Waals surface area contributed by atoms with Crippen molar-refractivity contribution in [2.24, 2.45) is 16.7 Å². The van der Waals surface area contributed by atoms with Crippen LogP contribution in [-0.2, 0) is 19.6 Å². The molecule has 0 aromatic rings. The van der Waals surface area contributed by atoms with Crippen LogP contribution in [0.25, 0.3) is 0 Å². The summed E-state index contributed by atoms with van der Waals surface area (Å²) in [6.07, 6.45) is 2.07. The Morgan fingerprint density at radius 2 is 1.74 bits per heavy atom. The fourth-order valence-corrected chi connectivity index (χ4v) is 7.21. The molecule has 154 valence electrons. The number of amides is 2. The van der Waals surface area contributed by atoms with Gasteiger partial charge in [-0.3, -0.25) is 9.59 Å². The van der Waals surface area contributed by atoms with E-state index in [9.17, 15) is 18.0 Å². The molecule has 0 bridgehead atoms. The Bertz CT molecular complexity index is 712. The fourth-order valence-electron chi connectivity index (χ4n) is 5.42. The van der Waals surface area contributed by atoms with E-state index in [1.165, 1.54) is 0 Å². The van der Waals surface area contributed by atoms with E-state index < -0.39 is 15.4 Å². The summed E-state index contributed by atoms with van der Waals surface area (Å²) >= 11 is 0. The molecule has 0 aliphatic carbocycles. The van der Waals surface area contributed by atoms with Gasteiger partial charge in [0, 0.05) is 51.6 Å². The van der Waals surface area contributed by atoms with Crippen molar-refractivity contribution in [3.05, 3.63) is 0 Å². The summed E-state index contributed by atoms with van der Waals surface area (Å²) in [7, 11) is -3.27. The van der Waals surface area contributed by atoms with Gasteiger partial charge in [-0.25, -0.2) is 12.7 Å². The van der Waals surface area contributed by atoms with Crippen molar-refractivity contribution in [1.82, 2.24) is 14.1 Å². The zero-order valence-corrected chi connectivity index (χ0v) is 17.8. The summed E-state index contributed by atoms with van der Waals surface area (Å²) in [6.45, 7) is 10.7. The second kappa shape index (κ2) is 7.03. The highest BCUT2D eigenvalue weighted by atomic mass is 32.2. The third-order valence-corrected chi connectivity index (χ3v) is 9.16. The minimum atomic E-state index is -3.27. The van der Waals surface area contributed by atoms with Crippen LogP contribution in [0.1, 0.15) is 47.0 Å². The molecule has 3 rings (SSSR count). The van der Waals surface area contributed by atoms with E-state index >= 15 is 0 Å². The van der Waals surface area contributed by atoms with Crippen molar-refractivity contribution in [2.45, 2.75) is 47.0 Å². The third kappa shape index (κ3) is 3.28. The summed E-state index contributed by atoms with van der Waals surface area (Å²) in [6, 6.07) is 0. The lowest BCUT2D eigenvalue weighted by atomic mass is 9.60. The molecule has 0 aromatic heterocycles. The van der Waals surface area contributed by atoms with Crippen molar-refractivity contribution >= 4 is 21.8 Å². The molecule has 0 aromatic carbocycles. The standard InChI is InChI=1S/C19H33N3O4S/c1-5-20-9-8-19(17(20)24)14-21(16(4)23)13-18(19)6-10-22(11-7-18)27(25,26)12-15(2)3/h15H,5-14H2,1-4H3. The normalized spacial score (nSPS) is 28.9. The molecule has 3 aliphatic rings. The highest BCUT2D eigenvalue weighted by molar-refractivity contribution is 7.89. The van der Waals surface area contributed by atoms with Gasteiger partial charge in [-0.05, 0) is 32.1 Å². The maximum Gasteiger partial charge on any atom is 0.231 e. The van der Waals surface area contributed by atoms with Gasteiger partial charge in [-0.2, -0.15) is 0 Å². The summed E-state index contributed by atoms with van der Waals surface area (Å²) in [5.41, 5.74) is -0.841. The van der Waals surface area contributed by atoms with Gasteiger partial charge >= 0.3 is 0 Å². The number of hydrogen-bond acceptors (Lipinski definition) is 4. The molecule has 2 amide bonds. The second-order valence-corrected chi connectivity index (χ2v) is 11.0. The van der Waals surface area contributed by atoms with Crippen LogP contribution in [0.3, 0.4) is 0 Å². The molecular formula is C19H33N3O4S.